The molecular formula is C28H57NO4S. The van der Waals surface area contributed by atoms with Crippen LogP contribution in [0.25, 0.3) is 0 Å². The molecule has 0 atom stereocenters. The molecule has 0 aromatic carbocycles. The standard InChI is InChI=1S/C26H51N.C2H6O4S/c1-3-22-26(23-4-2)24-20-18-16-14-12-10-8-6-5-7-9-11-13-15-17-19-21-25-27;1-2-6-7(3,4)5/h3-4,26H,1-2,5-25,27H2;2H2,1H3,(H,3,4,5). The Morgan fingerprint density at radius 2 is 1.03 bits per heavy atom. The Morgan fingerprint density at radius 1 is 0.706 bits per heavy atom. The van der Waals surface area contributed by atoms with Crippen molar-refractivity contribution in [2.75, 3.05) is 13.2 Å². The fourth-order valence-corrected chi connectivity index (χ4v) is 4.50. The van der Waals surface area contributed by atoms with Crippen LogP contribution in [0.2, 0.25) is 0 Å². The van der Waals surface area contributed by atoms with E-state index in [1.807, 2.05) is 0 Å². The van der Waals surface area contributed by atoms with Gasteiger partial charge in [0, 0.05) is 0 Å². The minimum atomic E-state index is -4.42. The first-order chi connectivity index (χ1) is 16.4. The molecule has 0 amide bonds. The van der Waals surface area contributed by atoms with Crippen molar-refractivity contribution in [1.82, 2.24) is 0 Å². The van der Waals surface area contributed by atoms with Crippen LogP contribution in [0, 0.1) is 5.92 Å². The Kier molecular flexibility index (Phi) is 29.8. The fraction of sp³-hybridized carbons (Fsp3) is 0.857. The number of unbranched alkanes of at least 4 members (excludes halogenated alkanes) is 16. The van der Waals surface area contributed by atoms with Gasteiger partial charge in [-0.25, -0.2) is 8.42 Å². The number of quaternary nitrogens is 1. The van der Waals surface area contributed by atoms with E-state index in [2.05, 4.69) is 35.2 Å². The Balaban J connectivity index is 0. The topological polar surface area (TPSA) is 94.1 Å². The lowest BCUT2D eigenvalue weighted by molar-refractivity contribution is -0.368. The zero-order chi connectivity index (χ0) is 25.8. The highest BCUT2D eigenvalue weighted by Gasteiger charge is 2.04. The molecule has 0 aromatic rings. The molecule has 0 bridgehead atoms. The second kappa shape index (κ2) is 28.5. The highest BCUT2D eigenvalue weighted by atomic mass is 32.3. The second-order valence-corrected chi connectivity index (χ2v) is 10.4. The van der Waals surface area contributed by atoms with Crippen LogP contribution in [0.3, 0.4) is 0 Å². The summed E-state index contributed by atoms with van der Waals surface area (Å²) >= 11 is 0. The number of allylic oxidation sites excluding steroid dienone is 2. The molecule has 34 heavy (non-hydrogen) atoms. The van der Waals surface area contributed by atoms with Gasteiger partial charge >= 0.3 is 0 Å². The van der Waals surface area contributed by atoms with Crippen molar-refractivity contribution in [3.8, 4) is 0 Å². The third kappa shape index (κ3) is 33.5. The zero-order valence-corrected chi connectivity index (χ0v) is 23.3. The molecule has 0 heterocycles. The Hall–Kier alpha value is -0.690. The highest BCUT2D eigenvalue weighted by Crippen LogP contribution is 2.19. The average Bonchev–Trinajstić information content (AvgIpc) is 2.78. The molecular weight excluding hydrogens is 446 g/mol. The monoisotopic (exact) mass is 503 g/mol. The molecule has 0 saturated carbocycles. The van der Waals surface area contributed by atoms with Crippen LogP contribution in [0.4, 0.5) is 0 Å². The van der Waals surface area contributed by atoms with E-state index in [0.29, 0.717) is 0 Å². The van der Waals surface area contributed by atoms with Gasteiger partial charge in [0.05, 0.1) is 13.2 Å². The van der Waals surface area contributed by atoms with Gasteiger partial charge in [-0.1, -0.05) is 108 Å². The molecule has 0 saturated heterocycles. The van der Waals surface area contributed by atoms with Gasteiger partial charge in [-0.15, -0.1) is 13.2 Å². The summed E-state index contributed by atoms with van der Waals surface area (Å²) in [5, 5.41) is 0. The van der Waals surface area contributed by atoms with Crippen LogP contribution in [0.15, 0.2) is 25.3 Å². The van der Waals surface area contributed by atoms with Gasteiger partial charge in [-0.3, -0.25) is 4.18 Å². The fourth-order valence-electron chi connectivity index (χ4n) is 4.21. The number of hydrogen-bond donors (Lipinski definition) is 1. The van der Waals surface area contributed by atoms with Gasteiger partial charge in [0.25, 0.3) is 0 Å². The average molecular weight is 504 g/mol. The molecule has 0 rings (SSSR count). The molecule has 6 heteroatoms. The summed E-state index contributed by atoms with van der Waals surface area (Å²) in [6.45, 7) is 10.2. The van der Waals surface area contributed by atoms with E-state index in [-0.39, 0.29) is 6.61 Å². The minimum absolute atomic E-state index is 0.0914. The summed E-state index contributed by atoms with van der Waals surface area (Å²) < 4.78 is 32.0. The third-order valence-electron chi connectivity index (χ3n) is 6.12. The number of rotatable bonds is 25. The molecule has 0 unspecified atom stereocenters. The summed E-state index contributed by atoms with van der Waals surface area (Å²) in [6.07, 6.45) is 32.3. The smallest absolute Gasteiger partial charge is 0.217 e. The van der Waals surface area contributed by atoms with Crippen LogP contribution in [0.5, 0.6) is 0 Å². The zero-order valence-electron chi connectivity index (χ0n) is 22.5. The summed E-state index contributed by atoms with van der Waals surface area (Å²) in [6, 6.07) is 0. The van der Waals surface area contributed by atoms with Crippen molar-refractivity contribution < 1.29 is 22.9 Å². The largest absolute Gasteiger partial charge is 0.726 e. The van der Waals surface area contributed by atoms with Crippen molar-refractivity contribution in [3.63, 3.8) is 0 Å². The minimum Gasteiger partial charge on any atom is -0.726 e. The molecule has 5 nitrogen and oxygen atoms in total. The van der Waals surface area contributed by atoms with Crippen molar-refractivity contribution in [2.45, 2.75) is 135 Å². The van der Waals surface area contributed by atoms with E-state index in [9.17, 15) is 13.0 Å². The molecule has 0 aliphatic heterocycles. The Labute approximate surface area is 213 Å². The predicted octanol–water partition coefficient (Wildman–Crippen LogP) is 7.50. The van der Waals surface area contributed by atoms with E-state index in [1.54, 1.807) is 0 Å². The van der Waals surface area contributed by atoms with Crippen LogP contribution in [-0.4, -0.2) is 26.1 Å². The summed E-state index contributed by atoms with van der Waals surface area (Å²) in [4.78, 5) is 0. The second-order valence-electron chi connectivity index (χ2n) is 9.38. The van der Waals surface area contributed by atoms with Crippen LogP contribution in [-0.2, 0) is 14.6 Å². The van der Waals surface area contributed by atoms with Gasteiger partial charge in [0.15, 0.2) is 0 Å². The lowest BCUT2D eigenvalue weighted by Crippen LogP contribution is -2.50. The van der Waals surface area contributed by atoms with Crippen LogP contribution in [0.1, 0.15) is 135 Å². The molecule has 0 aliphatic rings. The summed E-state index contributed by atoms with van der Waals surface area (Å²) in [5.41, 5.74) is 3.91. The van der Waals surface area contributed by atoms with Gasteiger partial charge in [-0.05, 0) is 44.9 Å². The van der Waals surface area contributed by atoms with Crippen LogP contribution < -0.4 is 5.73 Å². The first kappa shape index (κ1) is 35.5. The normalized spacial score (nSPS) is 11.3. The van der Waals surface area contributed by atoms with Gasteiger partial charge in [0.1, 0.15) is 0 Å². The van der Waals surface area contributed by atoms with E-state index in [1.165, 1.54) is 122 Å². The first-order valence-electron chi connectivity index (χ1n) is 14.0. The Bertz CT molecular complexity index is 512. The van der Waals surface area contributed by atoms with Gasteiger partial charge < -0.3 is 10.3 Å². The predicted molar refractivity (Wildman–Crippen MR) is 145 cm³/mol. The van der Waals surface area contributed by atoms with E-state index < -0.39 is 10.4 Å². The number of hydrogen-bond acceptors (Lipinski definition) is 4. The van der Waals surface area contributed by atoms with Gasteiger partial charge in [0.2, 0.25) is 10.4 Å². The molecule has 0 spiro atoms. The lowest BCUT2D eigenvalue weighted by atomic mass is 9.94. The van der Waals surface area contributed by atoms with Crippen molar-refractivity contribution in [1.29, 1.82) is 0 Å². The first-order valence-corrected chi connectivity index (χ1v) is 15.4. The third-order valence-corrected chi connectivity index (χ3v) is 6.65. The van der Waals surface area contributed by atoms with Crippen molar-refractivity contribution in [2.24, 2.45) is 5.92 Å². The molecule has 204 valence electrons. The molecule has 3 N–H and O–H groups in total. The quantitative estimate of drug-likeness (QED) is 0.0604. The molecule has 0 aliphatic carbocycles. The summed E-state index contributed by atoms with van der Waals surface area (Å²) in [5.74, 6) is 0.790. The Morgan fingerprint density at radius 3 is 1.26 bits per heavy atom. The molecule has 0 fully saturated rings. The maximum Gasteiger partial charge on any atom is 0.217 e. The summed E-state index contributed by atoms with van der Waals surface area (Å²) in [7, 11) is -4.42. The maximum atomic E-state index is 9.45. The van der Waals surface area contributed by atoms with E-state index in [4.69, 9.17) is 0 Å². The van der Waals surface area contributed by atoms with Crippen molar-refractivity contribution in [3.05, 3.63) is 25.3 Å². The van der Waals surface area contributed by atoms with Gasteiger partial charge in [-0.2, -0.15) is 0 Å². The van der Waals surface area contributed by atoms with Crippen LogP contribution >= 0.6 is 0 Å². The van der Waals surface area contributed by atoms with E-state index in [0.717, 1.165) is 25.3 Å². The maximum absolute atomic E-state index is 9.45. The SMILES string of the molecule is C=CCC(CC=C)CCCCCCCCCCCCCCCCCCC[NH3+].CCOS(=O)(=O)[O-]. The lowest BCUT2D eigenvalue weighted by Gasteiger charge is -2.12. The van der Waals surface area contributed by atoms with Crippen molar-refractivity contribution >= 4 is 10.4 Å². The molecule has 0 aromatic heterocycles. The molecule has 0 radical (unpaired) electrons. The van der Waals surface area contributed by atoms with E-state index >= 15 is 0 Å². The highest BCUT2D eigenvalue weighted by molar-refractivity contribution is 7.80.